The average Bonchev–Trinajstić information content (AvgIpc) is 2.77. The molecule has 3 rings (SSSR count). The van der Waals surface area contributed by atoms with Gasteiger partial charge in [0.1, 0.15) is 11.9 Å². The second-order valence-corrected chi connectivity index (χ2v) is 4.21. The molecular formula is C14H8FN3O2. The van der Waals surface area contributed by atoms with Crippen LogP contribution < -0.4 is 5.76 Å². The highest BCUT2D eigenvalue weighted by atomic mass is 19.1. The summed E-state index contributed by atoms with van der Waals surface area (Å²) in [5.74, 6) is -1.12. The second kappa shape index (κ2) is 4.63. The van der Waals surface area contributed by atoms with Gasteiger partial charge in [-0.1, -0.05) is 6.07 Å². The summed E-state index contributed by atoms with van der Waals surface area (Å²) >= 11 is 0. The SMILES string of the molecule is N#Cc1cc(Cn2c(=O)oc3cccnc32)ccc1F. The molecule has 0 unspecified atom stereocenters. The number of nitrogens with zero attached hydrogens (tertiary/aromatic N) is 3. The van der Waals surface area contributed by atoms with Gasteiger partial charge >= 0.3 is 5.76 Å². The van der Waals surface area contributed by atoms with Crippen molar-refractivity contribution in [2.75, 3.05) is 0 Å². The van der Waals surface area contributed by atoms with E-state index in [1.807, 2.05) is 0 Å². The van der Waals surface area contributed by atoms with E-state index in [1.165, 1.54) is 22.8 Å². The van der Waals surface area contributed by atoms with Gasteiger partial charge in [-0.25, -0.2) is 14.2 Å². The van der Waals surface area contributed by atoms with E-state index in [0.29, 0.717) is 16.8 Å². The lowest BCUT2D eigenvalue weighted by molar-refractivity contribution is 0.517. The molecule has 0 radical (unpaired) electrons. The van der Waals surface area contributed by atoms with E-state index in [2.05, 4.69) is 4.98 Å². The minimum absolute atomic E-state index is 0.0590. The molecule has 0 saturated carbocycles. The zero-order valence-electron chi connectivity index (χ0n) is 10.2. The zero-order valence-corrected chi connectivity index (χ0v) is 10.2. The lowest BCUT2D eigenvalue weighted by atomic mass is 10.1. The fraction of sp³-hybridized carbons (Fsp3) is 0.0714. The Balaban J connectivity index is 2.08. The van der Waals surface area contributed by atoms with Crippen molar-refractivity contribution in [3.05, 3.63) is 64.0 Å². The predicted molar refractivity (Wildman–Crippen MR) is 68.5 cm³/mol. The number of hydrogen-bond acceptors (Lipinski definition) is 4. The van der Waals surface area contributed by atoms with Gasteiger partial charge < -0.3 is 4.42 Å². The number of aromatic nitrogens is 2. The van der Waals surface area contributed by atoms with E-state index in [0.717, 1.165) is 0 Å². The van der Waals surface area contributed by atoms with E-state index in [9.17, 15) is 9.18 Å². The van der Waals surface area contributed by atoms with Gasteiger partial charge in [-0.2, -0.15) is 5.26 Å². The molecule has 6 heteroatoms. The average molecular weight is 269 g/mol. The number of nitriles is 1. The van der Waals surface area contributed by atoms with Crippen molar-refractivity contribution in [3.63, 3.8) is 0 Å². The molecule has 0 saturated heterocycles. The second-order valence-electron chi connectivity index (χ2n) is 4.21. The van der Waals surface area contributed by atoms with Crippen LogP contribution in [0.5, 0.6) is 0 Å². The Morgan fingerprint density at radius 3 is 3.05 bits per heavy atom. The summed E-state index contributed by atoms with van der Waals surface area (Å²) in [6.45, 7) is 0.164. The Morgan fingerprint density at radius 1 is 1.40 bits per heavy atom. The van der Waals surface area contributed by atoms with Crippen LogP contribution in [0.2, 0.25) is 0 Å². The molecule has 2 heterocycles. The Hall–Kier alpha value is -2.94. The number of benzene rings is 1. The molecule has 0 fully saturated rings. The number of oxazole rings is 1. The fourth-order valence-electron chi connectivity index (χ4n) is 1.98. The van der Waals surface area contributed by atoms with Crippen LogP contribution in [0, 0.1) is 17.1 Å². The maximum atomic E-state index is 13.3. The van der Waals surface area contributed by atoms with E-state index >= 15 is 0 Å². The van der Waals surface area contributed by atoms with Crippen molar-refractivity contribution in [3.8, 4) is 6.07 Å². The van der Waals surface area contributed by atoms with Crippen LogP contribution in [-0.2, 0) is 6.54 Å². The van der Waals surface area contributed by atoms with Gasteiger partial charge in [0.25, 0.3) is 0 Å². The van der Waals surface area contributed by atoms with Gasteiger partial charge in [-0.15, -0.1) is 0 Å². The van der Waals surface area contributed by atoms with E-state index in [1.54, 1.807) is 24.4 Å². The summed E-state index contributed by atoms with van der Waals surface area (Å²) in [6.07, 6.45) is 1.55. The number of pyridine rings is 1. The Kier molecular flexibility index (Phi) is 2.80. The molecule has 2 aromatic heterocycles. The molecule has 0 bridgehead atoms. The zero-order chi connectivity index (χ0) is 14.1. The number of hydrogen-bond donors (Lipinski definition) is 0. The molecule has 0 aliphatic rings. The maximum absolute atomic E-state index is 13.3. The van der Waals surface area contributed by atoms with Gasteiger partial charge in [-0.3, -0.25) is 4.57 Å². The Morgan fingerprint density at radius 2 is 2.25 bits per heavy atom. The van der Waals surface area contributed by atoms with Crippen molar-refractivity contribution in [2.45, 2.75) is 6.54 Å². The molecule has 0 atom stereocenters. The summed E-state index contributed by atoms with van der Waals surface area (Å²) in [5, 5.41) is 8.81. The third kappa shape index (κ3) is 1.95. The molecule has 0 spiro atoms. The first-order valence-electron chi connectivity index (χ1n) is 5.82. The van der Waals surface area contributed by atoms with Crippen molar-refractivity contribution in [2.24, 2.45) is 0 Å². The molecule has 3 aromatic rings. The number of rotatable bonds is 2. The van der Waals surface area contributed by atoms with Crippen LogP contribution in [0.1, 0.15) is 11.1 Å². The van der Waals surface area contributed by atoms with E-state index in [-0.39, 0.29) is 12.1 Å². The lowest BCUT2D eigenvalue weighted by Crippen LogP contribution is -2.15. The molecule has 1 aromatic carbocycles. The highest BCUT2D eigenvalue weighted by Gasteiger charge is 2.11. The van der Waals surface area contributed by atoms with Gasteiger partial charge in [0.2, 0.25) is 0 Å². The first-order valence-corrected chi connectivity index (χ1v) is 5.82. The highest BCUT2D eigenvalue weighted by Crippen LogP contribution is 2.14. The molecule has 5 nitrogen and oxygen atoms in total. The summed E-state index contributed by atoms with van der Waals surface area (Å²) in [6, 6.07) is 9.21. The summed E-state index contributed by atoms with van der Waals surface area (Å²) < 4.78 is 19.7. The van der Waals surface area contributed by atoms with Crippen molar-refractivity contribution in [1.29, 1.82) is 5.26 Å². The predicted octanol–water partition coefficient (Wildman–Crippen LogP) is 2.05. The monoisotopic (exact) mass is 269 g/mol. The number of fused-ring (bicyclic) bond motifs is 1. The summed E-state index contributed by atoms with van der Waals surface area (Å²) in [4.78, 5) is 15.9. The van der Waals surface area contributed by atoms with Crippen LogP contribution in [-0.4, -0.2) is 9.55 Å². The minimum Gasteiger partial charge on any atom is -0.406 e. The lowest BCUT2D eigenvalue weighted by Gasteiger charge is -2.03. The Labute approximate surface area is 112 Å². The molecule has 0 aliphatic carbocycles. The van der Waals surface area contributed by atoms with Gasteiger partial charge in [0.05, 0.1) is 12.1 Å². The first kappa shape index (κ1) is 12.1. The third-order valence-electron chi connectivity index (χ3n) is 2.92. The van der Waals surface area contributed by atoms with Crippen molar-refractivity contribution < 1.29 is 8.81 Å². The Bertz CT molecular complexity index is 889. The summed E-state index contributed by atoms with van der Waals surface area (Å²) in [7, 11) is 0. The van der Waals surface area contributed by atoms with Gasteiger partial charge in [-0.05, 0) is 29.8 Å². The van der Waals surface area contributed by atoms with Crippen LogP contribution in [0.25, 0.3) is 11.2 Å². The van der Waals surface area contributed by atoms with Crippen molar-refractivity contribution in [1.82, 2.24) is 9.55 Å². The minimum atomic E-state index is -0.584. The first-order chi connectivity index (χ1) is 9.69. The van der Waals surface area contributed by atoms with Crippen LogP contribution in [0.15, 0.2) is 45.7 Å². The molecule has 0 amide bonds. The highest BCUT2D eigenvalue weighted by molar-refractivity contribution is 5.67. The van der Waals surface area contributed by atoms with Crippen LogP contribution in [0.4, 0.5) is 4.39 Å². The largest absolute Gasteiger partial charge is 0.421 e. The van der Waals surface area contributed by atoms with Gasteiger partial charge in [0, 0.05) is 6.20 Å². The normalized spacial score (nSPS) is 10.6. The molecule has 20 heavy (non-hydrogen) atoms. The molecule has 0 N–H and O–H groups in total. The van der Waals surface area contributed by atoms with E-state index < -0.39 is 11.6 Å². The smallest absolute Gasteiger partial charge is 0.406 e. The molecular weight excluding hydrogens is 261 g/mol. The maximum Gasteiger partial charge on any atom is 0.421 e. The molecule has 98 valence electrons. The fourth-order valence-corrected chi connectivity index (χ4v) is 1.98. The van der Waals surface area contributed by atoms with Crippen molar-refractivity contribution >= 4 is 11.2 Å². The quantitative estimate of drug-likeness (QED) is 0.713. The number of halogens is 1. The van der Waals surface area contributed by atoms with E-state index in [4.69, 9.17) is 9.68 Å². The molecule has 0 aliphatic heterocycles. The van der Waals surface area contributed by atoms with Crippen LogP contribution in [0.3, 0.4) is 0 Å². The van der Waals surface area contributed by atoms with Gasteiger partial charge in [0.15, 0.2) is 11.2 Å². The standard InChI is InChI=1S/C14H8FN3O2/c15-11-4-3-9(6-10(11)7-16)8-18-13-12(20-14(18)19)2-1-5-17-13/h1-6H,8H2. The topological polar surface area (TPSA) is 71.8 Å². The third-order valence-corrected chi connectivity index (χ3v) is 2.92. The van der Waals surface area contributed by atoms with Crippen LogP contribution >= 0.6 is 0 Å². The summed E-state index contributed by atoms with van der Waals surface area (Å²) in [5.41, 5.74) is 1.37.